The van der Waals surface area contributed by atoms with Crippen LogP contribution >= 0.6 is 23.4 Å². The molecular formula is C24H18ClN3O3S. The van der Waals surface area contributed by atoms with Gasteiger partial charge >= 0.3 is 0 Å². The number of anilines is 1. The van der Waals surface area contributed by atoms with E-state index < -0.39 is 5.91 Å². The third-order valence-electron chi connectivity index (χ3n) is 4.43. The number of nitrogens with zero attached hydrogens (tertiary/aromatic N) is 2. The average Bonchev–Trinajstić information content (AvgIpc) is 3.09. The van der Waals surface area contributed by atoms with E-state index in [9.17, 15) is 9.59 Å². The highest BCUT2D eigenvalue weighted by Crippen LogP contribution is 2.38. The van der Waals surface area contributed by atoms with E-state index in [2.05, 4.69) is 4.99 Å². The molecule has 1 saturated heterocycles. The fourth-order valence-electron chi connectivity index (χ4n) is 3.02. The summed E-state index contributed by atoms with van der Waals surface area (Å²) in [6, 6.07) is 23.7. The van der Waals surface area contributed by atoms with Crippen LogP contribution < -0.4 is 15.4 Å². The summed E-state index contributed by atoms with van der Waals surface area (Å²) in [5.74, 6) is -0.428. The van der Waals surface area contributed by atoms with Crippen molar-refractivity contribution in [1.82, 2.24) is 0 Å². The molecule has 1 aliphatic heterocycles. The van der Waals surface area contributed by atoms with Gasteiger partial charge in [-0.05, 0) is 60.3 Å². The van der Waals surface area contributed by atoms with Crippen molar-refractivity contribution in [3.05, 3.63) is 94.4 Å². The number of nitrogens with two attached hydrogens (primary N) is 1. The van der Waals surface area contributed by atoms with Gasteiger partial charge in [0.15, 0.2) is 11.8 Å². The minimum atomic E-state index is -0.600. The molecule has 1 fully saturated rings. The molecule has 0 radical (unpaired) electrons. The lowest BCUT2D eigenvalue weighted by atomic mass is 10.1. The lowest BCUT2D eigenvalue weighted by Crippen LogP contribution is -2.28. The first kappa shape index (κ1) is 21.7. The number of rotatable bonds is 6. The Balaban J connectivity index is 1.75. The third kappa shape index (κ3) is 5.01. The van der Waals surface area contributed by atoms with Crippen LogP contribution in [-0.4, -0.2) is 23.6 Å². The van der Waals surface area contributed by atoms with E-state index in [0.717, 1.165) is 5.69 Å². The van der Waals surface area contributed by atoms with Gasteiger partial charge in [0.25, 0.3) is 11.8 Å². The Labute approximate surface area is 194 Å². The summed E-state index contributed by atoms with van der Waals surface area (Å²) in [5.41, 5.74) is 7.20. The number of halogens is 1. The van der Waals surface area contributed by atoms with E-state index in [1.54, 1.807) is 29.2 Å². The van der Waals surface area contributed by atoms with E-state index in [1.165, 1.54) is 11.8 Å². The standard InChI is InChI=1S/C24H18ClN3O3S/c25-17-11-12-20(31-15-22(26)29)16(13-17)14-21-23(30)28(19-9-5-2-6-10-19)24(32-21)27-18-7-3-1-4-8-18/h1-14H,15H2,(H2,26,29)/b21-14-,27-24?. The first-order chi connectivity index (χ1) is 15.5. The number of amides is 2. The Kier molecular flexibility index (Phi) is 6.58. The number of hydrogen-bond donors (Lipinski definition) is 1. The fraction of sp³-hybridized carbons (Fsp3) is 0.0417. The van der Waals surface area contributed by atoms with E-state index in [-0.39, 0.29) is 12.5 Å². The molecule has 1 heterocycles. The molecule has 32 heavy (non-hydrogen) atoms. The second-order valence-electron chi connectivity index (χ2n) is 6.75. The van der Waals surface area contributed by atoms with Gasteiger partial charge in [-0.25, -0.2) is 4.99 Å². The van der Waals surface area contributed by atoms with E-state index in [0.29, 0.717) is 32.1 Å². The first-order valence-electron chi connectivity index (χ1n) is 9.65. The number of carbonyl (C=O) groups excluding carboxylic acids is 2. The molecule has 4 rings (SSSR count). The SMILES string of the molecule is NC(=O)COc1ccc(Cl)cc1/C=C1\SC(=Nc2ccccc2)N(c2ccccc2)C1=O. The molecule has 2 amide bonds. The molecule has 0 bridgehead atoms. The highest BCUT2D eigenvalue weighted by atomic mass is 35.5. The van der Waals surface area contributed by atoms with Crippen molar-refractivity contribution < 1.29 is 14.3 Å². The zero-order valence-electron chi connectivity index (χ0n) is 16.8. The molecule has 0 spiro atoms. The Hall–Kier alpha value is -3.55. The van der Waals surface area contributed by atoms with Crippen LogP contribution in [0.4, 0.5) is 11.4 Å². The second-order valence-corrected chi connectivity index (χ2v) is 8.20. The van der Waals surface area contributed by atoms with Gasteiger partial charge in [0.2, 0.25) is 0 Å². The van der Waals surface area contributed by atoms with Crippen LogP contribution in [0, 0.1) is 0 Å². The monoisotopic (exact) mass is 463 g/mol. The molecule has 3 aromatic carbocycles. The summed E-state index contributed by atoms with van der Waals surface area (Å²) in [6.07, 6.45) is 1.68. The molecule has 160 valence electrons. The Morgan fingerprint density at radius 1 is 1.06 bits per heavy atom. The predicted molar refractivity (Wildman–Crippen MR) is 129 cm³/mol. The minimum Gasteiger partial charge on any atom is -0.483 e. The van der Waals surface area contributed by atoms with Crippen LogP contribution in [0.5, 0.6) is 5.75 Å². The van der Waals surface area contributed by atoms with E-state index >= 15 is 0 Å². The number of primary amides is 1. The maximum Gasteiger partial charge on any atom is 0.271 e. The molecule has 0 aromatic heterocycles. The number of carbonyl (C=O) groups is 2. The Morgan fingerprint density at radius 2 is 1.75 bits per heavy atom. The third-order valence-corrected chi connectivity index (χ3v) is 5.63. The minimum absolute atomic E-state index is 0.225. The van der Waals surface area contributed by atoms with Crippen LogP contribution in [-0.2, 0) is 9.59 Å². The van der Waals surface area contributed by atoms with Gasteiger partial charge in [-0.15, -0.1) is 0 Å². The number of para-hydroxylation sites is 2. The molecule has 0 aliphatic carbocycles. The van der Waals surface area contributed by atoms with Crippen molar-refractivity contribution in [3.63, 3.8) is 0 Å². The van der Waals surface area contributed by atoms with Crippen molar-refractivity contribution in [3.8, 4) is 5.75 Å². The van der Waals surface area contributed by atoms with Gasteiger partial charge in [-0.2, -0.15) is 0 Å². The maximum absolute atomic E-state index is 13.4. The average molecular weight is 464 g/mol. The van der Waals surface area contributed by atoms with Gasteiger partial charge in [-0.1, -0.05) is 48.0 Å². The summed E-state index contributed by atoms with van der Waals surface area (Å²) in [6.45, 7) is -0.282. The van der Waals surface area contributed by atoms with Crippen LogP contribution in [0.3, 0.4) is 0 Å². The largest absolute Gasteiger partial charge is 0.483 e. The van der Waals surface area contributed by atoms with Gasteiger partial charge < -0.3 is 10.5 Å². The van der Waals surface area contributed by atoms with Gasteiger partial charge in [0.1, 0.15) is 5.75 Å². The summed E-state index contributed by atoms with van der Waals surface area (Å²) in [4.78, 5) is 31.2. The molecule has 8 heteroatoms. The molecule has 0 saturated carbocycles. The second kappa shape index (κ2) is 9.72. The molecule has 0 unspecified atom stereocenters. The summed E-state index contributed by atoms with van der Waals surface area (Å²) in [7, 11) is 0. The number of thioether (sulfide) groups is 1. The van der Waals surface area contributed by atoms with Gasteiger partial charge in [0, 0.05) is 10.6 Å². The number of amidine groups is 1. The zero-order valence-corrected chi connectivity index (χ0v) is 18.3. The van der Waals surface area contributed by atoms with Crippen molar-refractivity contribution in [2.24, 2.45) is 10.7 Å². The topological polar surface area (TPSA) is 85.0 Å². The van der Waals surface area contributed by atoms with Crippen LogP contribution in [0.1, 0.15) is 5.56 Å². The molecular weight excluding hydrogens is 446 g/mol. The lowest BCUT2D eigenvalue weighted by molar-refractivity contribution is -0.120. The zero-order chi connectivity index (χ0) is 22.5. The van der Waals surface area contributed by atoms with Crippen molar-refractivity contribution >= 4 is 57.8 Å². The maximum atomic E-state index is 13.4. The molecule has 2 N–H and O–H groups in total. The quantitative estimate of drug-likeness (QED) is 0.520. The molecule has 1 aliphatic rings. The molecule has 6 nitrogen and oxygen atoms in total. The first-order valence-corrected chi connectivity index (χ1v) is 10.8. The summed E-state index contributed by atoms with van der Waals surface area (Å²) >= 11 is 7.41. The van der Waals surface area contributed by atoms with Crippen molar-refractivity contribution in [2.45, 2.75) is 0 Å². The normalized spacial score (nSPS) is 16.0. The molecule has 3 aromatic rings. The van der Waals surface area contributed by atoms with Crippen molar-refractivity contribution in [1.29, 1.82) is 0 Å². The predicted octanol–water partition coefficient (Wildman–Crippen LogP) is 5.01. The van der Waals surface area contributed by atoms with Gasteiger partial charge in [0.05, 0.1) is 16.3 Å². The smallest absolute Gasteiger partial charge is 0.271 e. The summed E-state index contributed by atoms with van der Waals surface area (Å²) < 4.78 is 5.49. The lowest BCUT2D eigenvalue weighted by Gasteiger charge is -2.15. The number of aliphatic imine (C=N–C) groups is 1. The van der Waals surface area contributed by atoms with Crippen LogP contribution in [0.25, 0.3) is 6.08 Å². The van der Waals surface area contributed by atoms with Crippen LogP contribution in [0.2, 0.25) is 5.02 Å². The Bertz CT molecular complexity index is 1210. The van der Waals surface area contributed by atoms with Crippen molar-refractivity contribution in [2.75, 3.05) is 11.5 Å². The number of benzene rings is 3. The fourth-order valence-corrected chi connectivity index (χ4v) is 4.19. The van der Waals surface area contributed by atoms with Gasteiger partial charge in [-0.3, -0.25) is 14.5 Å². The number of ether oxygens (including phenoxy) is 1. The van der Waals surface area contributed by atoms with E-state index in [4.69, 9.17) is 22.1 Å². The Morgan fingerprint density at radius 3 is 2.44 bits per heavy atom. The highest BCUT2D eigenvalue weighted by Gasteiger charge is 2.35. The van der Waals surface area contributed by atoms with Crippen LogP contribution in [0.15, 0.2) is 88.8 Å². The highest BCUT2D eigenvalue weighted by molar-refractivity contribution is 8.19. The molecule has 0 atom stereocenters. The number of hydrogen-bond acceptors (Lipinski definition) is 5. The van der Waals surface area contributed by atoms with E-state index in [1.807, 2.05) is 60.7 Å². The summed E-state index contributed by atoms with van der Waals surface area (Å²) in [5, 5.41) is 0.997.